The van der Waals surface area contributed by atoms with Crippen molar-refractivity contribution < 1.29 is 28.3 Å². The number of alkyl halides is 2. The number of hydrogen-bond acceptors (Lipinski definition) is 10. The van der Waals surface area contributed by atoms with Crippen molar-refractivity contribution in [2.45, 2.75) is 81.5 Å². The zero-order chi connectivity index (χ0) is 38.6. The summed E-state index contributed by atoms with van der Waals surface area (Å²) >= 11 is 0. The molecule has 0 spiro atoms. The van der Waals surface area contributed by atoms with Gasteiger partial charge in [0, 0.05) is 57.7 Å². The number of fused-ring (bicyclic) bond motifs is 2. The number of aryl methyl sites for hydroxylation is 1. The zero-order valence-electron chi connectivity index (χ0n) is 30.6. The second-order valence-electron chi connectivity index (χ2n) is 15.0. The van der Waals surface area contributed by atoms with Crippen molar-refractivity contribution in [2.24, 2.45) is 7.05 Å². The molecule has 55 heavy (non-hydrogen) atoms. The molecular weight excluding hydrogens is 716 g/mol. The predicted molar refractivity (Wildman–Crippen MR) is 197 cm³/mol. The lowest BCUT2D eigenvalue weighted by atomic mass is 9.81. The largest absolute Gasteiger partial charge is 0.389 e. The third kappa shape index (κ3) is 6.77. The lowest BCUT2D eigenvalue weighted by Gasteiger charge is -2.43. The van der Waals surface area contributed by atoms with Gasteiger partial charge in [-0.2, -0.15) is 10.2 Å². The molecule has 1 saturated carbocycles. The molecule has 1 aliphatic carbocycles. The van der Waals surface area contributed by atoms with Crippen molar-refractivity contribution in [3.05, 3.63) is 70.8 Å². The highest BCUT2D eigenvalue weighted by Crippen LogP contribution is 2.38. The van der Waals surface area contributed by atoms with E-state index >= 15 is 0 Å². The third-order valence-corrected chi connectivity index (χ3v) is 11.6. The monoisotopic (exact) mass is 759 g/mol. The molecule has 3 amide bonds. The smallest absolute Gasteiger partial charge is 0.329 e. The summed E-state index contributed by atoms with van der Waals surface area (Å²) in [4.78, 5) is 59.6. The quantitative estimate of drug-likeness (QED) is 0.189. The third-order valence-electron chi connectivity index (χ3n) is 11.6. The summed E-state index contributed by atoms with van der Waals surface area (Å²) in [5.74, 6) is -1.42. The molecule has 6 heterocycles. The van der Waals surface area contributed by atoms with Crippen molar-refractivity contribution in [1.29, 1.82) is 0 Å². The van der Waals surface area contributed by atoms with Crippen LogP contribution >= 0.6 is 0 Å². The maximum Gasteiger partial charge on any atom is 0.329 e. The molecule has 16 nitrogen and oxygen atoms in total. The van der Waals surface area contributed by atoms with Gasteiger partial charge in [0.2, 0.25) is 11.8 Å². The van der Waals surface area contributed by atoms with Crippen molar-refractivity contribution in [2.75, 3.05) is 36.9 Å². The van der Waals surface area contributed by atoms with Crippen LogP contribution in [0.1, 0.15) is 85.9 Å². The first-order chi connectivity index (χ1) is 26.4. The van der Waals surface area contributed by atoms with Gasteiger partial charge in [-0.05, 0) is 70.2 Å². The van der Waals surface area contributed by atoms with Gasteiger partial charge in [-0.25, -0.2) is 23.1 Å². The standard InChI is InChI=1S/C37H43F2N11O5/c1-45(22-11-17-47(18-12-22)26-5-3-6-27-31(26)46(2)36(54)50(27)28-7-8-29(51)43-35(28)53)21-37(55)13-9-23(10-14-37)49-20-25(30(44-49)32(38)39)42-34(52)24-19-41-48-16-4-15-40-33(24)48/h3-6,15-16,19-20,22-23,28,32,55H,7-14,17-18,21H2,1-2H3,(H,42,52)(H,43,51,53)/t23-,28?,37+. The van der Waals surface area contributed by atoms with Crippen molar-refractivity contribution >= 4 is 45.8 Å². The molecule has 1 atom stereocenters. The molecule has 2 saturated heterocycles. The number of piperidine rings is 2. The number of carbonyl (C=O) groups is 3. The molecule has 3 aliphatic rings. The summed E-state index contributed by atoms with van der Waals surface area (Å²) in [6.07, 6.45) is 7.10. The van der Waals surface area contributed by atoms with Crippen LogP contribution in [0.25, 0.3) is 16.7 Å². The molecule has 8 rings (SSSR count). The van der Waals surface area contributed by atoms with E-state index in [1.807, 2.05) is 25.2 Å². The number of imide groups is 1. The summed E-state index contributed by atoms with van der Waals surface area (Å²) in [5.41, 5.74) is 0.895. The number of aliphatic hydroxyl groups is 1. The normalized spacial score (nSPS) is 22.6. The highest BCUT2D eigenvalue weighted by Gasteiger charge is 2.38. The summed E-state index contributed by atoms with van der Waals surface area (Å²) < 4.78 is 34.1. The van der Waals surface area contributed by atoms with Crippen LogP contribution in [-0.2, 0) is 16.6 Å². The number of para-hydroxylation sites is 1. The summed E-state index contributed by atoms with van der Waals surface area (Å²) in [6.45, 7) is 1.91. The molecule has 3 N–H and O–H groups in total. The minimum atomic E-state index is -2.90. The Balaban J connectivity index is 0.886. The van der Waals surface area contributed by atoms with E-state index < -0.39 is 35.6 Å². The average Bonchev–Trinajstić information content (AvgIpc) is 3.86. The van der Waals surface area contributed by atoms with Gasteiger partial charge in [0.25, 0.3) is 12.3 Å². The molecule has 290 valence electrons. The van der Waals surface area contributed by atoms with E-state index in [0.717, 1.165) is 37.1 Å². The number of benzene rings is 1. The molecule has 0 bridgehead atoms. The molecule has 3 fully saturated rings. The van der Waals surface area contributed by atoms with Crippen LogP contribution in [0, 0.1) is 0 Å². The number of nitrogens with zero attached hydrogens (tertiary/aromatic N) is 9. The Bertz CT molecular complexity index is 2330. The molecular formula is C37H43F2N11O5. The maximum atomic E-state index is 14.1. The fraction of sp³-hybridized carbons (Fsp3) is 0.486. The molecule has 1 unspecified atom stereocenters. The minimum Gasteiger partial charge on any atom is -0.389 e. The SMILES string of the molecule is CN(C[C@]1(O)CC[C@@H](n2cc(NC(=O)c3cnn4cccnc34)c(C(F)F)n2)CC1)C1CCN(c2cccc3c2n(C)c(=O)n3C2CCC(=O)NC2=O)CC1. The number of anilines is 2. The van der Waals surface area contributed by atoms with Gasteiger partial charge >= 0.3 is 5.69 Å². The van der Waals surface area contributed by atoms with Gasteiger partial charge in [-0.3, -0.25) is 33.5 Å². The van der Waals surface area contributed by atoms with Crippen molar-refractivity contribution in [3.8, 4) is 0 Å². The van der Waals surface area contributed by atoms with Gasteiger partial charge < -0.3 is 20.2 Å². The van der Waals surface area contributed by atoms with Crippen LogP contribution in [0.4, 0.5) is 20.2 Å². The lowest BCUT2D eigenvalue weighted by Crippen LogP contribution is -2.50. The number of halogens is 2. The number of amides is 3. The number of nitrogens with one attached hydrogen (secondary N) is 2. The minimum absolute atomic E-state index is 0.0764. The van der Waals surface area contributed by atoms with Crippen LogP contribution in [0.15, 0.2) is 53.8 Å². The fourth-order valence-corrected chi connectivity index (χ4v) is 8.63. The molecule has 4 aromatic heterocycles. The van der Waals surface area contributed by atoms with Crippen LogP contribution in [0.5, 0.6) is 0 Å². The van der Waals surface area contributed by atoms with Crippen LogP contribution < -0.4 is 21.2 Å². The van der Waals surface area contributed by atoms with Gasteiger partial charge in [-0.1, -0.05) is 6.07 Å². The zero-order valence-corrected chi connectivity index (χ0v) is 30.6. The molecule has 2 aliphatic heterocycles. The van der Waals surface area contributed by atoms with E-state index in [9.17, 15) is 33.1 Å². The number of hydrogen-bond donors (Lipinski definition) is 3. The first-order valence-corrected chi connectivity index (χ1v) is 18.6. The first kappa shape index (κ1) is 36.5. The molecule has 18 heteroatoms. The molecule has 1 aromatic carbocycles. The Hall–Kier alpha value is -5.49. The summed E-state index contributed by atoms with van der Waals surface area (Å²) in [7, 11) is 3.72. The summed E-state index contributed by atoms with van der Waals surface area (Å²) in [5, 5.41) is 24.9. The number of aromatic nitrogens is 7. The maximum absolute atomic E-state index is 14.1. The highest BCUT2D eigenvalue weighted by molar-refractivity contribution is 6.08. The van der Waals surface area contributed by atoms with E-state index in [0.29, 0.717) is 43.4 Å². The van der Waals surface area contributed by atoms with Crippen molar-refractivity contribution in [3.63, 3.8) is 0 Å². The fourth-order valence-electron chi connectivity index (χ4n) is 8.63. The Morgan fingerprint density at radius 2 is 1.87 bits per heavy atom. The van der Waals surface area contributed by atoms with Crippen LogP contribution in [-0.4, -0.2) is 99.6 Å². The Morgan fingerprint density at radius 3 is 2.60 bits per heavy atom. The van der Waals surface area contributed by atoms with E-state index in [1.54, 1.807) is 23.9 Å². The second kappa shape index (κ2) is 14.3. The lowest BCUT2D eigenvalue weighted by molar-refractivity contribution is -0.135. The summed E-state index contributed by atoms with van der Waals surface area (Å²) in [6, 6.07) is 6.61. The van der Waals surface area contributed by atoms with Gasteiger partial charge in [0.1, 0.15) is 11.6 Å². The number of imidazole rings is 1. The number of carbonyl (C=O) groups excluding carboxylic acids is 3. The van der Waals surface area contributed by atoms with Crippen LogP contribution in [0.2, 0.25) is 0 Å². The Labute approximate surface area is 313 Å². The Morgan fingerprint density at radius 1 is 1.11 bits per heavy atom. The topological polar surface area (TPSA) is 177 Å². The first-order valence-electron chi connectivity index (χ1n) is 18.6. The van der Waals surface area contributed by atoms with E-state index in [-0.39, 0.29) is 47.8 Å². The van der Waals surface area contributed by atoms with Gasteiger partial charge in [0.05, 0.1) is 40.2 Å². The predicted octanol–water partition coefficient (Wildman–Crippen LogP) is 3.19. The number of likely N-dealkylation sites (N-methyl/N-ethyl adjacent to an activating group) is 1. The van der Waals surface area contributed by atoms with E-state index in [1.165, 1.54) is 32.4 Å². The van der Waals surface area contributed by atoms with Gasteiger partial charge in [0.15, 0.2) is 11.3 Å². The average molecular weight is 760 g/mol. The van der Waals surface area contributed by atoms with E-state index in [4.69, 9.17) is 0 Å². The highest BCUT2D eigenvalue weighted by atomic mass is 19.3. The van der Waals surface area contributed by atoms with Gasteiger partial charge in [-0.15, -0.1) is 0 Å². The van der Waals surface area contributed by atoms with E-state index in [2.05, 4.69) is 35.6 Å². The second-order valence-corrected chi connectivity index (χ2v) is 15.0. The van der Waals surface area contributed by atoms with Crippen LogP contribution in [0.3, 0.4) is 0 Å². The van der Waals surface area contributed by atoms with Crippen molar-refractivity contribution in [1.82, 2.24) is 43.7 Å². The Kier molecular flexibility index (Phi) is 9.48. The number of rotatable bonds is 9. The molecule has 5 aromatic rings. The molecule has 0 radical (unpaired) electrons.